The van der Waals surface area contributed by atoms with Crippen molar-refractivity contribution >= 4 is 82.0 Å². The molecule has 26 heteroatoms. The van der Waals surface area contributed by atoms with Crippen LogP contribution in [0.2, 0.25) is 0 Å². The van der Waals surface area contributed by atoms with Crippen molar-refractivity contribution in [2.45, 2.75) is 49.9 Å². The smallest absolute Gasteiger partial charge is 0.326 e. The number of carbonyl (C=O) groups is 6. The Balaban J connectivity index is 0.000000241. The van der Waals surface area contributed by atoms with Crippen molar-refractivity contribution in [3.8, 4) is 0 Å². The second-order valence-electron chi connectivity index (χ2n) is 14.3. The predicted octanol–water partition coefficient (Wildman–Crippen LogP) is -0.564. The van der Waals surface area contributed by atoms with Gasteiger partial charge in [0.15, 0.2) is 11.6 Å². The van der Waals surface area contributed by atoms with Crippen molar-refractivity contribution in [2.75, 3.05) is 69.5 Å². The maximum absolute atomic E-state index is 12.3. The van der Waals surface area contributed by atoms with Crippen LogP contribution < -0.4 is 65.1 Å². The van der Waals surface area contributed by atoms with Gasteiger partial charge in [-0.05, 0) is 61.4 Å². The first-order chi connectivity index (χ1) is 30.4. The molecule has 2 aliphatic heterocycles. The molecule has 0 saturated heterocycles. The number of nitrogen functional groups attached to an aromatic ring is 2. The van der Waals surface area contributed by atoms with Crippen LogP contribution in [0.15, 0.2) is 58.1 Å². The highest BCUT2D eigenvalue weighted by molar-refractivity contribution is 5.97. The van der Waals surface area contributed by atoms with Crippen LogP contribution in [0.25, 0.3) is 0 Å². The lowest BCUT2D eigenvalue weighted by Gasteiger charge is -2.27. The number of hydrogen-bond acceptors (Lipinski definition) is 18. The molecule has 4 aromatic rings. The van der Waals surface area contributed by atoms with Crippen LogP contribution >= 0.6 is 0 Å². The quantitative estimate of drug-likeness (QED) is 0.0595. The number of hydrogen-bond donors (Lipinski definition) is 16. The maximum Gasteiger partial charge on any atom is 0.326 e. The Morgan fingerprint density at radius 1 is 0.609 bits per heavy atom. The lowest BCUT2D eigenvalue weighted by atomic mass is 10.1. The number of carboxylic acid groups (broad SMARTS) is 4. The zero-order valence-corrected chi connectivity index (χ0v) is 33.7. The van der Waals surface area contributed by atoms with E-state index in [1.807, 2.05) is 0 Å². The Morgan fingerprint density at radius 2 is 0.969 bits per heavy atom. The number of nitrogens with one attached hydrogen (secondary N) is 10. The Bertz CT molecular complexity index is 2310. The molecular formula is C38H46N14O12. The first kappa shape index (κ1) is 46.5. The number of nitrogens with zero attached hydrogens (tertiary/aromatic N) is 2. The third kappa shape index (κ3) is 13.2. The van der Waals surface area contributed by atoms with Gasteiger partial charge in [-0.1, -0.05) is 0 Å². The molecule has 0 radical (unpaired) electrons. The molecule has 0 fully saturated rings. The maximum atomic E-state index is 12.3. The summed E-state index contributed by atoms with van der Waals surface area (Å²) in [4.78, 5) is 105. The molecule has 0 bridgehead atoms. The number of carboxylic acids is 4. The molecule has 0 spiro atoms. The second kappa shape index (κ2) is 21.3. The van der Waals surface area contributed by atoms with Gasteiger partial charge in [-0.3, -0.25) is 38.7 Å². The number of nitrogens with two attached hydrogens (primary N) is 2. The molecule has 340 valence electrons. The molecule has 2 amide bonds. The van der Waals surface area contributed by atoms with E-state index in [0.717, 1.165) is 0 Å². The van der Waals surface area contributed by atoms with Gasteiger partial charge in [0.1, 0.15) is 23.5 Å². The largest absolute Gasteiger partial charge is 0.481 e. The molecule has 64 heavy (non-hydrogen) atoms. The van der Waals surface area contributed by atoms with Crippen LogP contribution in [0, 0.1) is 0 Å². The highest BCUT2D eigenvalue weighted by atomic mass is 16.4. The van der Waals surface area contributed by atoms with Gasteiger partial charge in [0.25, 0.3) is 22.9 Å². The van der Waals surface area contributed by atoms with Gasteiger partial charge < -0.3 is 74.4 Å². The molecule has 2 aromatic heterocycles. The summed E-state index contributed by atoms with van der Waals surface area (Å²) in [5, 5.41) is 59.0. The van der Waals surface area contributed by atoms with Crippen LogP contribution in [-0.2, 0) is 19.2 Å². The summed E-state index contributed by atoms with van der Waals surface area (Å²) in [5.74, 6) is -5.28. The third-order valence-corrected chi connectivity index (χ3v) is 9.50. The Kier molecular flexibility index (Phi) is 15.5. The molecule has 4 unspecified atom stereocenters. The Morgan fingerprint density at radius 3 is 1.30 bits per heavy atom. The van der Waals surface area contributed by atoms with E-state index in [0.29, 0.717) is 60.6 Å². The number of fused-ring (bicyclic) bond motifs is 2. The number of aliphatic carboxylic acids is 4. The van der Waals surface area contributed by atoms with E-state index in [9.17, 15) is 38.4 Å². The topological polar surface area (TPSA) is 423 Å². The zero-order valence-electron chi connectivity index (χ0n) is 33.7. The fourth-order valence-electron chi connectivity index (χ4n) is 6.20. The lowest BCUT2D eigenvalue weighted by Crippen LogP contribution is -2.41. The number of aromatic amines is 2. The van der Waals surface area contributed by atoms with E-state index in [1.54, 1.807) is 24.3 Å². The number of benzene rings is 2. The average Bonchev–Trinajstić information content (AvgIpc) is 3.25. The number of H-pyrrole nitrogens is 2. The monoisotopic (exact) mass is 890 g/mol. The number of carbonyl (C=O) groups excluding carboxylic acids is 2. The first-order valence-electron chi connectivity index (χ1n) is 19.4. The van der Waals surface area contributed by atoms with E-state index in [1.165, 1.54) is 24.3 Å². The summed E-state index contributed by atoms with van der Waals surface area (Å²) in [5.41, 5.74) is 12.8. The predicted molar refractivity (Wildman–Crippen MR) is 232 cm³/mol. The SMILES string of the molecule is Nc1nc2c(c(=O)[nH]1)NC(CNc1ccc(C(=O)NC(CCC(=O)O)C(=O)O)cc1)CN2.Nc1nc2c(c(=O)[nH]1)NC(CNc1ccc(C(=O)NC(CCC(=O)O)C(=O)O)cc1)CN2. The molecule has 2 aromatic carbocycles. The highest BCUT2D eigenvalue weighted by Crippen LogP contribution is 2.22. The Labute approximate surface area is 361 Å². The number of amides is 2. The summed E-state index contributed by atoms with van der Waals surface area (Å²) in [6.45, 7) is 1.92. The van der Waals surface area contributed by atoms with Crippen LogP contribution in [-0.4, -0.2) is 126 Å². The van der Waals surface area contributed by atoms with Gasteiger partial charge in [-0.2, -0.15) is 9.97 Å². The molecule has 2 aliphatic rings. The van der Waals surface area contributed by atoms with Crippen molar-refractivity contribution in [1.82, 2.24) is 30.6 Å². The van der Waals surface area contributed by atoms with Crippen molar-refractivity contribution in [3.05, 3.63) is 80.4 Å². The fraction of sp³-hybridized carbons (Fsp3) is 0.316. The normalized spacial score (nSPS) is 15.4. The summed E-state index contributed by atoms with van der Waals surface area (Å²) in [7, 11) is 0. The van der Waals surface area contributed by atoms with E-state index in [2.05, 4.69) is 62.5 Å². The fourth-order valence-corrected chi connectivity index (χ4v) is 6.20. The molecule has 0 saturated carbocycles. The van der Waals surface area contributed by atoms with Crippen LogP contribution in [0.4, 0.5) is 46.3 Å². The van der Waals surface area contributed by atoms with Gasteiger partial charge >= 0.3 is 23.9 Å². The van der Waals surface area contributed by atoms with E-state index >= 15 is 0 Å². The van der Waals surface area contributed by atoms with Gasteiger partial charge in [-0.15, -0.1) is 0 Å². The average molecular weight is 891 g/mol. The molecule has 0 aliphatic carbocycles. The second-order valence-corrected chi connectivity index (χ2v) is 14.3. The Hall–Kier alpha value is -8.58. The summed E-state index contributed by atoms with van der Waals surface area (Å²) >= 11 is 0. The molecular weight excluding hydrogens is 845 g/mol. The van der Waals surface area contributed by atoms with Gasteiger partial charge in [-0.25, -0.2) is 9.59 Å². The molecule has 6 rings (SSSR count). The third-order valence-electron chi connectivity index (χ3n) is 9.50. The lowest BCUT2D eigenvalue weighted by molar-refractivity contribution is -0.142. The van der Waals surface area contributed by atoms with E-state index < -0.39 is 47.8 Å². The van der Waals surface area contributed by atoms with Gasteiger partial charge in [0, 0.05) is 61.5 Å². The zero-order chi connectivity index (χ0) is 46.5. The summed E-state index contributed by atoms with van der Waals surface area (Å²) in [6.07, 6.45) is -1.17. The summed E-state index contributed by atoms with van der Waals surface area (Å²) < 4.78 is 0. The highest BCUT2D eigenvalue weighted by Gasteiger charge is 2.25. The van der Waals surface area contributed by atoms with E-state index in [-0.39, 0.29) is 71.9 Å². The molecule has 18 N–H and O–H groups in total. The van der Waals surface area contributed by atoms with Crippen LogP contribution in [0.5, 0.6) is 0 Å². The number of aromatic nitrogens is 4. The number of rotatable bonds is 18. The minimum atomic E-state index is -1.30. The molecule has 26 nitrogen and oxygen atoms in total. The summed E-state index contributed by atoms with van der Waals surface area (Å²) in [6, 6.07) is 9.87. The minimum Gasteiger partial charge on any atom is -0.481 e. The van der Waals surface area contributed by atoms with Crippen molar-refractivity contribution in [2.24, 2.45) is 0 Å². The first-order valence-corrected chi connectivity index (χ1v) is 19.4. The molecule has 4 heterocycles. The van der Waals surface area contributed by atoms with Gasteiger partial charge in [0.2, 0.25) is 11.9 Å². The molecule has 4 atom stereocenters. The van der Waals surface area contributed by atoms with Crippen LogP contribution in [0.3, 0.4) is 0 Å². The number of anilines is 8. The van der Waals surface area contributed by atoms with Crippen molar-refractivity contribution < 1.29 is 49.2 Å². The van der Waals surface area contributed by atoms with E-state index in [4.69, 9.17) is 31.9 Å². The van der Waals surface area contributed by atoms with Crippen molar-refractivity contribution in [1.29, 1.82) is 0 Å². The minimum absolute atomic E-state index is 0.0281. The van der Waals surface area contributed by atoms with Crippen molar-refractivity contribution in [3.63, 3.8) is 0 Å². The van der Waals surface area contributed by atoms with Crippen LogP contribution in [0.1, 0.15) is 46.4 Å². The van der Waals surface area contributed by atoms with Gasteiger partial charge in [0.05, 0.1) is 12.1 Å². The standard InChI is InChI=1S/2C19H23N7O6/c2*20-19-25-15-14(17(30)26-19)23-11(8-22-15)7-21-10-3-1-9(2-4-10)16(29)24-12(18(31)32)5-6-13(27)28/h2*1-4,11-12,21,23H,5-8H2,(H,24,29)(H,27,28)(H,31,32)(H4,20,22,25,26,30).